The molecule has 4 aliphatic rings. The number of rotatable bonds is 7. The quantitative estimate of drug-likeness (QED) is 0.732. The van der Waals surface area contributed by atoms with Gasteiger partial charge < -0.3 is 15.5 Å². The van der Waals surface area contributed by atoms with E-state index in [2.05, 4.69) is 37.6 Å². The first-order valence-electron chi connectivity index (χ1n) is 11.8. The van der Waals surface area contributed by atoms with Gasteiger partial charge in [-0.2, -0.15) is 0 Å². The second kappa shape index (κ2) is 7.89. The molecule has 0 atom stereocenters. The van der Waals surface area contributed by atoms with Crippen molar-refractivity contribution in [2.75, 3.05) is 38.0 Å². The zero-order valence-electron chi connectivity index (χ0n) is 17.7. The average Bonchev–Trinajstić information content (AvgIpc) is 3.62. The molecule has 2 aromatic heterocycles. The maximum absolute atomic E-state index is 4.95. The van der Waals surface area contributed by atoms with Crippen molar-refractivity contribution in [2.45, 2.75) is 56.3 Å². The fourth-order valence-electron chi connectivity index (χ4n) is 4.82. The smallest absolute Gasteiger partial charge is 0.150 e. The van der Waals surface area contributed by atoms with Gasteiger partial charge in [0.2, 0.25) is 0 Å². The molecule has 0 unspecified atom stereocenters. The van der Waals surface area contributed by atoms with Crippen LogP contribution in [0.25, 0.3) is 0 Å². The van der Waals surface area contributed by atoms with Gasteiger partial charge in [0, 0.05) is 37.2 Å². The molecule has 6 rings (SSSR count). The third-order valence-corrected chi connectivity index (χ3v) is 7.26. The van der Waals surface area contributed by atoms with Crippen molar-refractivity contribution >= 4 is 11.6 Å². The number of piperidine rings is 1. The number of hydrogen-bond donors (Lipinski definition) is 2. The second-order valence-electron chi connectivity index (χ2n) is 9.81. The molecule has 2 aliphatic heterocycles. The Morgan fingerprint density at radius 1 is 0.833 bits per heavy atom. The summed E-state index contributed by atoms with van der Waals surface area (Å²) in [6.45, 7) is 5.86. The Balaban J connectivity index is 1.19. The Hall–Kier alpha value is -2.05. The van der Waals surface area contributed by atoms with Gasteiger partial charge in [0.15, 0.2) is 0 Å². The van der Waals surface area contributed by atoms with E-state index in [1.165, 1.54) is 69.4 Å². The van der Waals surface area contributed by atoms with Crippen LogP contribution in [-0.2, 0) is 0 Å². The van der Waals surface area contributed by atoms with Crippen molar-refractivity contribution in [1.82, 2.24) is 25.2 Å². The summed E-state index contributed by atoms with van der Waals surface area (Å²) < 4.78 is 0. The molecule has 158 valence electrons. The molecule has 0 amide bonds. The van der Waals surface area contributed by atoms with Crippen molar-refractivity contribution < 1.29 is 0 Å². The van der Waals surface area contributed by atoms with Crippen LogP contribution in [-0.4, -0.2) is 52.6 Å². The molecule has 0 spiro atoms. The Bertz CT molecular complexity index is 877. The fourth-order valence-corrected chi connectivity index (χ4v) is 4.82. The lowest BCUT2D eigenvalue weighted by molar-refractivity contribution is 0.204. The number of anilines is 2. The molecule has 2 aromatic rings. The fraction of sp³-hybridized carbons (Fsp3) is 0.625. The molecule has 6 heteroatoms. The molecule has 4 fully saturated rings. The van der Waals surface area contributed by atoms with Crippen LogP contribution in [0.5, 0.6) is 0 Å². The SMILES string of the molecule is c1nc(C2CC2)cnc1Nc1cc(C2CCN(CC3CC3)CC2)cc(C2CNC2)n1. The van der Waals surface area contributed by atoms with Crippen molar-refractivity contribution in [3.63, 3.8) is 0 Å². The summed E-state index contributed by atoms with van der Waals surface area (Å²) >= 11 is 0. The predicted molar refractivity (Wildman–Crippen MR) is 118 cm³/mol. The molecule has 0 radical (unpaired) electrons. The highest BCUT2D eigenvalue weighted by molar-refractivity contribution is 5.53. The largest absolute Gasteiger partial charge is 0.324 e. The van der Waals surface area contributed by atoms with Crippen molar-refractivity contribution in [3.05, 3.63) is 41.5 Å². The molecule has 2 saturated heterocycles. The third-order valence-electron chi connectivity index (χ3n) is 7.26. The maximum atomic E-state index is 4.95. The van der Waals surface area contributed by atoms with Gasteiger partial charge >= 0.3 is 0 Å². The minimum atomic E-state index is 0.531. The minimum absolute atomic E-state index is 0.531. The van der Waals surface area contributed by atoms with E-state index in [1.807, 2.05) is 12.4 Å². The van der Waals surface area contributed by atoms with Gasteiger partial charge in [-0.15, -0.1) is 0 Å². The monoisotopic (exact) mass is 404 g/mol. The van der Waals surface area contributed by atoms with E-state index >= 15 is 0 Å². The topological polar surface area (TPSA) is 66.0 Å². The minimum Gasteiger partial charge on any atom is -0.324 e. The second-order valence-corrected chi connectivity index (χ2v) is 9.81. The Kier molecular flexibility index (Phi) is 4.92. The van der Waals surface area contributed by atoms with Gasteiger partial charge in [-0.25, -0.2) is 9.97 Å². The first-order valence-corrected chi connectivity index (χ1v) is 11.8. The highest BCUT2D eigenvalue weighted by Gasteiger charge is 2.29. The molecular weight excluding hydrogens is 372 g/mol. The van der Waals surface area contributed by atoms with Crippen molar-refractivity contribution in [3.8, 4) is 0 Å². The van der Waals surface area contributed by atoms with Crippen LogP contribution < -0.4 is 10.6 Å². The zero-order chi connectivity index (χ0) is 19.9. The Morgan fingerprint density at radius 2 is 1.67 bits per heavy atom. The lowest BCUT2D eigenvalue weighted by Crippen LogP contribution is -2.40. The lowest BCUT2D eigenvalue weighted by atomic mass is 9.87. The zero-order valence-corrected chi connectivity index (χ0v) is 17.7. The maximum Gasteiger partial charge on any atom is 0.150 e. The van der Waals surface area contributed by atoms with Crippen molar-refractivity contribution in [2.24, 2.45) is 5.92 Å². The molecule has 4 heterocycles. The van der Waals surface area contributed by atoms with Gasteiger partial charge in [0.25, 0.3) is 0 Å². The van der Waals surface area contributed by atoms with E-state index in [1.54, 1.807) is 0 Å². The van der Waals surface area contributed by atoms with Gasteiger partial charge in [-0.1, -0.05) is 0 Å². The van der Waals surface area contributed by atoms with E-state index in [9.17, 15) is 0 Å². The van der Waals surface area contributed by atoms with Gasteiger partial charge in [-0.3, -0.25) is 4.98 Å². The van der Waals surface area contributed by atoms with Crippen LogP contribution in [0, 0.1) is 5.92 Å². The summed E-state index contributed by atoms with van der Waals surface area (Å²) in [5.74, 6) is 4.51. The van der Waals surface area contributed by atoms with Crippen LogP contribution in [0.4, 0.5) is 11.6 Å². The van der Waals surface area contributed by atoms with Crippen LogP contribution in [0.2, 0.25) is 0 Å². The van der Waals surface area contributed by atoms with Crippen LogP contribution in [0.3, 0.4) is 0 Å². The Morgan fingerprint density at radius 3 is 2.30 bits per heavy atom. The summed E-state index contributed by atoms with van der Waals surface area (Å²) in [6.07, 6.45) is 11.7. The number of aromatic nitrogens is 3. The number of nitrogens with one attached hydrogen (secondary N) is 2. The van der Waals surface area contributed by atoms with Crippen LogP contribution in [0.15, 0.2) is 24.5 Å². The van der Waals surface area contributed by atoms with E-state index in [0.717, 1.165) is 36.3 Å². The highest BCUT2D eigenvalue weighted by atomic mass is 15.1. The van der Waals surface area contributed by atoms with Crippen LogP contribution >= 0.6 is 0 Å². The van der Waals surface area contributed by atoms with Gasteiger partial charge in [0.05, 0.1) is 18.1 Å². The molecule has 0 bridgehead atoms. The molecule has 0 aromatic carbocycles. The third kappa shape index (κ3) is 4.21. The number of nitrogens with zero attached hydrogens (tertiary/aromatic N) is 4. The number of likely N-dealkylation sites (tertiary alicyclic amines) is 1. The molecule has 2 N–H and O–H groups in total. The summed E-state index contributed by atoms with van der Waals surface area (Å²) in [4.78, 5) is 16.8. The summed E-state index contributed by atoms with van der Waals surface area (Å²) in [7, 11) is 0. The first kappa shape index (κ1) is 18.7. The Labute approximate surface area is 178 Å². The number of hydrogen-bond acceptors (Lipinski definition) is 6. The predicted octanol–water partition coefficient (Wildman–Crippen LogP) is 3.77. The van der Waals surface area contributed by atoms with Crippen molar-refractivity contribution in [1.29, 1.82) is 0 Å². The summed E-state index contributed by atoms with van der Waals surface area (Å²) in [5, 5.41) is 6.83. The first-order chi connectivity index (χ1) is 14.8. The molecule has 2 saturated carbocycles. The summed E-state index contributed by atoms with van der Waals surface area (Å²) in [5.41, 5.74) is 3.79. The molecule has 30 heavy (non-hydrogen) atoms. The van der Waals surface area contributed by atoms with E-state index in [4.69, 9.17) is 4.98 Å². The van der Waals surface area contributed by atoms with Crippen LogP contribution in [0.1, 0.15) is 73.2 Å². The lowest BCUT2D eigenvalue weighted by Gasteiger charge is -2.33. The van der Waals surface area contributed by atoms with E-state index in [0.29, 0.717) is 17.8 Å². The van der Waals surface area contributed by atoms with Gasteiger partial charge in [-0.05, 0) is 81.1 Å². The average molecular weight is 405 g/mol. The molecule has 2 aliphatic carbocycles. The van der Waals surface area contributed by atoms with Gasteiger partial charge in [0.1, 0.15) is 11.6 Å². The van der Waals surface area contributed by atoms with E-state index < -0.39 is 0 Å². The molecule has 6 nitrogen and oxygen atoms in total. The molecular formula is C24H32N6. The number of pyridine rings is 1. The summed E-state index contributed by atoms with van der Waals surface area (Å²) in [6, 6.07) is 4.63. The van der Waals surface area contributed by atoms with E-state index in [-0.39, 0.29) is 0 Å². The highest BCUT2D eigenvalue weighted by Crippen LogP contribution is 2.39. The normalized spacial score (nSPS) is 23.3. The standard InChI is InChI=1S/C24H32N6/c1-2-16(1)15-30-7-5-17(6-8-30)19-9-21(20-11-25-12-20)28-23(10-19)29-24-14-26-22(13-27-24)18-3-4-18/h9-10,13-14,16-18,20,25H,1-8,11-12,15H2,(H,27,28,29).